The Morgan fingerprint density at radius 3 is 2.43 bits per heavy atom. The Hall–Kier alpha value is -3.56. The van der Waals surface area contributed by atoms with Gasteiger partial charge < -0.3 is 15.0 Å². The summed E-state index contributed by atoms with van der Waals surface area (Å²) < 4.78 is 44.9. The van der Waals surface area contributed by atoms with E-state index in [2.05, 4.69) is 15.4 Å². The van der Waals surface area contributed by atoms with Crippen LogP contribution in [0.25, 0.3) is 5.69 Å². The van der Waals surface area contributed by atoms with Crippen molar-refractivity contribution in [2.24, 2.45) is 0 Å². The van der Waals surface area contributed by atoms with Gasteiger partial charge in [0.05, 0.1) is 24.1 Å². The number of hydrogen-bond donors (Lipinski definition) is 2. The summed E-state index contributed by atoms with van der Waals surface area (Å²) in [5.41, 5.74) is 1.12. The molecule has 1 amide bonds. The number of aryl methyl sites for hydroxylation is 1. The fraction of sp³-hybridized carbons (Fsp3) is 0.250. The predicted molar refractivity (Wildman–Crippen MR) is 103 cm³/mol. The molecule has 30 heavy (non-hydrogen) atoms. The molecule has 2 N–H and O–H groups in total. The number of amides is 1. The van der Waals surface area contributed by atoms with E-state index in [4.69, 9.17) is 4.74 Å². The first-order chi connectivity index (χ1) is 14.1. The first kappa shape index (κ1) is 21.2. The van der Waals surface area contributed by atoms with Gasteiger partial charge in [-0.15, -0.1) is 0 Å². The zero-order valence-corrected chi connectivity index (χ0v) is 16.4. The molecule has 0 saturated carbocycles. The Bertz CT molecular complexity index is 1080. The van der Waals surface area contributed by atoms with Crippen LogP contribution >= 0.6 is 0 Å². The minimum atomic E-state index is -4.54. The topological polar surface area (TPSA) is 89.0 Å². The number of carbonyl (C=O) groups is 2. The molecular formula is C20H19F3N4O3. The number of nitrogens with zero attached hydrogens (tertiary/aromatic N) is 2. The summed E-state index contributed by atoms with van der Waals surface area (Å²) in [4.78, 5) is 27.6. The summed E-state index contributed by atoms with van der Waals surface area (Å²) in [5.74, 6) is -1.01. The van der Waals surface area contributed by atoms with E-state index >= 15 is 0 Å². The summed E-state index contributed by atoms with van der Waals surface area (Å²) in [6, 6.07) is 6.63. The number of benzene rings is 1. The molecule has 2 aromatic heterocycles. The normalized spacial score (nSPS) is 11.4. The van der Waals surface area contributed by atoms with Gasteiger partial charge in [0.15, 0.2) is 0 Å². The molecule has 7 nitrogen and oxygen atoms in total. The van der Waals surface area contributed by atoms with Crippen LogP contribution in [-0.2, 0) is 10.9 Å². The van der Waals surface area contributed by atoms with E-state index in [0.29, 0.717) is 22.5 Å². The van der Waals surface area contributed by atoms with Crippen LogP contribution in [0.5, 0.6) is 0 Å². The fourth-order valence-corrected chi connectivity index (χ4v) is 3.09. The summed E-state index contributed by atoms with van der Waals surface area (Å²) >= 11 is 0. The minimum absolute atomic E-state index is 0.196. The van der Waals surface area contributed by atoms with Crippen molar-refractivity contribution in [3.8, 4) is 5.69 Å². The highest BCUT2D eigenvalue weighted by molar-refractivity contribution is 6.06. The van der Waals surface area contributed by atoms with Crippen LogP contribution in [-0.4, -0.2) is 33.2 Å². The van der Waals surface area contributed by atoms with Crippen molar-refractivity contribution in [3.63, 3.8) is 0 Å². The molecule has 0 aliphatic heterocycles. The van der Waals surface area contributed by atoms with Crippen LogP contribution in [0.4, 0.5) is 18.9 Å². The van der Waals surface area contributed by atoms with E-state index < -0.39 is 23.7 Å². The van der Waals surface area contributed by atoms with Gasteiger partial charge in [-0.25, -0.2) is 9.48 Å². The highest BCUT2D eigenvalue weighted by atomic mass is 19.4. The highest BCUT2D eigenvalue weighted by Gasteiger charge is 2.35. The number of halogens is 3. The van der Waals surface area contributed by atoms with Crippen LogP contribution in [0.3, 0.4) is 0 Å². The Morgan fingerprint density at radius 2 is 1.83 bits per heavy atom. The largest absolute Gasteiger partial charge is 0.462 e. The third-order valence-electron chi connectivity index (χ3n) is 4.45. The van der Waals surface area contributed by atoms with Gasteiger partial charge in [-0.3, -0.25) is 4.79 Å². The molecule has 0 saturated heterocycles. The van der Waals surface area contributed by atoms with Crippen LogP contribution in [0.1, 0.15) is 44.7 Å². The summed E-state index contributed by atoms with van der Waals surface area (Å²) in [5, 5.41) is 6.36. The van der Waals surface area contributed by atoms with E-state index in [0.717, 1.165) is 16.9 Å². The van der Waals surface area contributed by atoms with Crippen molar-refractivity contribution in [2.45, 2.75) is 26.9 Å². The number of aromatic nitrogens is 3. The van der Waals surface area contributed by atoms with Crippen molar-refractivity contribution in [3.05, 3.63) is 64.7 Å². The number of hydrogen-bond acceptors (Lipinski definition) is 4. The SMILES string of the molecule is CCOC(=O)c1c(C)[nH]c(C(=O)Nc2ccc(-n3nccc3C(F)(F)F)cc2)c1C. The highest BCUT2D eigenvalue weighted by Crippen LogP contribution is 2.30. The third-order valence-corrected chi connectivity index (χ3v) is 4.45. The lowest BCUT2D eigenvalue weighted by Crippen LogP contribution is -2.15. The Labute approximate surface area is 169 Å². The first-order valence-corrected chi connectivity index (χ1v) is 9.02. The van der Waals surface area contributed by atoms with Gasteiger partial charge in [0, 0.05) is 11.4 Å². The van der Waals surface area contributed by atoms with Gasteiger partial charge in [-0.2, -0.15) is 18.3 Å². The number of rotatable bonds is 5. The number of ether oxygens (including phenoxy) is 1. The van der Waals surface area contributed by atoms with Gasteiger partial charge in [0.25, 0.3) is 5.91 Å². The molecule has 0 aliphatic rings. The number of H-pyrrole nitrogens is 1. The van der Waals surface area contributed by atoms with E-state index in [-0.39, 0.29) is 18.0 Å². The molecule has 2 heterocycles. The lowest BCUT2D eigenvalue weighted by Gasteiger charge is -2.11. The minimum Gasteiger partial charge on any atom is -0.462 e. The van der Waals surface area contributed by atoms with Crippen LogP contribution in [0.15, 0.2) is 36.5 Å². The Kier molecular flexibility index (Phi) is 5.68. The second kappa shape index (κ2) is 8.05. The fourth-order valence-electron chi connectivity index (χ4n) is 3.09. The summed E-state index contributed by atoms with van der Waals surface area (Å²) in [6.45, 7) is 5.19. The first-order valence-electron chi connectivity index (χ1n) is 9.02. The molecule has 0 aliphatic carbocycles. The van der Waals surface area contributed by atoms with Gasteiger partial charge in [-0.1, -0.05) is 0 Å². The van der Waals surface area contributed by atoms with Gasteiger partial charge in [0.2, 0.25) is 0 Å². The molecule has 0 bridgehead atoms. The van der Waals surface area contributed by atoms with Crippen molar-refractivity contribution in [1.82, 2.24) is 14.8 Å². The molecule has 10 heteroatoms. The molecule has 3 rings (SSSR count). The second-order valence-corrected chi connectivity index (χ2v) is 6.47. The predicted octanol–water partition coefficient (Wildman–Crippen LogP) is 4.27. The van der Waals surface area contributed by atoms with E-state index in [1.165, 1.54) is 24.3 Å². The van der Waals surface area contributed by atoms with Crippen molar-refractivity contribution >= 4 is 17.6 Å². The molecule has 0 spiro atoms. The third kappa shape index (κ3) is 4.07. The zero-order chi connectivity index (χ0) is 22.1. The zero-order valence-electron chi connectivity index (χ0n) is 16.4. The van der Waals surface area contributed by atoms with Crippen LogP contribution in [0.2, 0.25) is 0 Å². The van der Waals surface area contributed by atoms with Crippen molar-refractivity contribution in [2.75, 3.05) is 11.9 Å². The van der Waals surface area contributed by atoms with Crippen LogP contribution in [0, 0.1) is 13.8 Å². The molecule has 158 valence electrons. The molecule has 1 aromatic carbocycles. The van der Waals surface area contributed by atoms with E-state index in [9.17, 15) is 22.8 Å². The number of carbonyl (C=O) groups excluding carboxylic acids is 2. The number of esters is 1. The number of alkyl halides is 3. The molecule has 3 aromatic rings. The van der Waals surface area contributed by atoms with E-state index in [1.807, 2.05) is 0 Å². The number of anilines is 1. The maximum absolute atomic E-state index is 13.0. The monoisotopic (exact) mass is 420 g/mol. The molecule has 0 fully saturated rings. The maximum Gasteiger partial charge on any atom is 0.433 e. The summed E-state index contributed by atoms with van der Waals surface area (Å²) in [7, 11) is 0. The quantitative estimate of drug-likeness (QED) is 0.604. The average molecular weight is 420 g/mol. The smallest absolute Gasteiger partial charge is 0.433 e. The van der Waals surface area contributed by atoms with Gasteiger partial charge in [0.1, 0.15) is 11.4 Å². The molecular weight excluding hydrogens is 401 g/mol. The number of aromatic amines is 1. The Balaban J connectivity index is 1.80. The summed E-state index contributed by atoms with van der Waals surface area (Å²) in [6.07, 6.45) is -3.47. The lowest BCUT2D eigenvalue weighted by atomic mass is 10.1. The van der Waals surface area contributed by atoms with Crippen LogP contribution < -0.4 is 5.32 Å². The second-order valence-electron chi connectivity index (χ2n) is 6.47. The molecule has 0 atom stereocenters. The maximum atomic E-state index is 13.0. The molecule has 0 unspecified atom stereocenters. The number of nitrogens with one attached hydrogen (secondary N) is 2. The average Bonchev–Trinajstić information content (AvgIpc) is 3.27. The van der Waals surface area contributed by atoms with Crippen molar-refractivity contribution < 1.29 is 27.5 Å². The lowest BCUT2D eigenvalue weighted by molar-refractivity contribution is -0.142. The van der Waals surface area contributed by atoms with Crippen molar-refractivity contribution in [1.29, 1.82) is 0 Å². The Morgan fingerprint density at radius 1 is 1.17 bits per heavy atom. The van der Waals surface area contributed by atoms with Gasteiger partial charge >= 0.3 is 12.1 Å². The standard InChI is InChI=1S/C20H19F3N4O3/c1-4-30-19(29)16-11(2)17(25-12(16)3)18(28)26-13-5-7-14(8-6-13)27-15(9-10-24-27)20(21,22)23/h5-10,25H,4H2,1-3H3,(H,26,28). The molecule has 0 radical (unpaired) electrons. The van der Waals surface area contributed by atoms with Gasteiger partial charge in [-0.05, 0) is 56.7 Å². The van der Waals surface area contributed by atoms with E-state index in [1.54, 1.807) is 20.8 Å².